The van der Waals surface area contributed by atoms with Crippen molar-refractivity contribution < 1.29 is 4.79 Å². The molecule has 22 heavy (non-hydrogen) atoms. The minimum absolute atomic E-state index is 0.133. The van der Waals surface area contributed by atoms with Gasteiger partial charge in [-0.3, -0.25) is 4.79 Å². The highest BCUT2D eigenvalue weighted by Crippen LogP contribution is 2.19. The zero-order chi connectivity index (χ0) is 15.8. The Kier molecular flexibility index (Phi) is 6.50. The van der Waals surface area contributed by atoms with Gasteiger partial charge < -0.3 is 10.6 Å². The maximum absolute atomic E-state index is 11.8. The van der Waals surface area contributed by atoms with Crippen molar-refractivity contribution in [2.24, 2.45) is 0 Å². The SMILES string of the molecule is Cc1cc(C)cc(NCCC(=O)NCCC2=CCCCC2)c1. The van der Waals surface area contributed by atoms with Crippen LogP contribution in [0.2, 0.25) is 0 Å². The molecule has 0 saturated heterocycles. The maximum atomic E-state index is 11.8. The van der Waals surface area contributed by atoms with Gasteiger partial charge in [0.05, 0.1) is 0 Å². The second kappa shape index (κ2) is 8.62. The maximum Gasteiger partial charge on any atom is 0.221 e. The van der Waals surface area contributed by atoms with Crippen molar-refractivity contribution in [3.05, 3.63) is 41.0 Å². The van der Waals surface area contributed by atoms with Crippen molar-refractivity contribution in [2.75, 3.05) is 18.4 Å². The summed E-state index contributed by atoms with van der Waals surface area (Å²) < 4.78 is 0. The summed E-state index contributed by atoms with van der Waals surface area (Å²) in [5, 5.41) is 6.34. The van der Waals surface area contributed by atoms with Gasteiger partial charge in [-0.25, -0.2) is 0 Å². The van der Waals surface area contributed by atoms with Crippen molar-refractivity contribution in [3.63, 3.8) is 0 Å². The average Bonchev–Trinajstić information content (AvgIpc) is 2.47. The fourth-order valence-electron chi connectivity index (χ4n) is 2.98. The average molecular weight is 300 g/mol. The van der Waals surface area contributed by atoms with Crippen LogP contribution in [0.15, 0.2) is 29.8 Å². The summed E-state index contributed by atoms with van der Waals surface area (Å²) in [5.41, 5.74) is 5.10. The van der Waals surface area contributed by atoms with Crippen LogP contribution in [0.1, 0.15) is 49.7 Å². The first-order valence-corrected chi connectivity index (χ1v) is 8.40. The van der Waals surface area contributed by atoms with Crippen LogP contribution >= 0.6 is 0 Å². The van der Waals surface area contributed by atoms with E-state index in [9.17, 15) is 4.79 Å². The summed E-state index contributed by atoms with van der Waals surface area (Å²) in [6.45, 7) is 5.63. The summed E-state index contributed by atoms with van der Waals surface area (Å²) in [4.78, 5) is 11.8. The largest absolute Gasteiger partial charge is 0.385 e. The van der Waals surface area contributed by atoms with E-state index in [2.05, 4.69) is 48.8 Å². The number of anilines is 1. The Bertz CT molecular complexity index is 514. The molecule has 0 aromatic heterocycles. The lowest BCUT2D eigenvalue weighted by atomic mass is 9.97. The molecular formula is C19H28N2O. The van der Waals surface area contributed by atoms with Crippen molar-refractivity contribution in [3.8, 4) is 0 Å². The smallest absolute Gasteiger partial charge is 0.221 e. The predicted octanol–water partition coefficient (Wildman–Crippen LogP) is 4.11. The lowest BCUT2D eigenvalue weighted by molar-refractivity contribution is -0.120. The molecule has 0 heterocycles. The molecule has 0 radical (unpaired) electrons. The molecule has 2 rings (SSSR count). The molecule has 2 N–H and O–H groups in total. The van der Waals surface area contributed by atoms with E-state index in [1.165, 1.54) is 42.4 Å². The van der Waals surface area contributed by atoms with Crippen LogP contribution < -0.4 is 10.6 Å². The fraction of sp³-hybridized carbons (Fsp3) is 0.526. The van der Waals surface area contributed by atoms with E-state index in [0.29, 0.717) is 13.0 Å². The zero-order valence-corrected chi connectivity index (χ0v) is 13.9. The number of allylic oxidation sites excluding steroid dienone is 1. The van der Waals surface area contributed by atoms with E-state index >= 15 is 0 Å². The second-order valence-electron chi connectivity index (χ2n) is 6.26. The van der Waals surface area contributed by atoms with E-state index in [4.69, 9.17) is 0 Å². The first-order chi connectivity index (χ1) is 10.6. The van der Waals surface area contributed by atoms with Gasteiger partial charge in [0.2, 0.25) is 5.91 Å². The van der Waals surface area contributed by atoms with Crippen LogP contribution in [0, 0.1) is 13.8 Å². The van der Waals surface area contributed by atoms with Crippen molar-refractivity contribution in [2.45, 2.75) is 52.4 Å². The Balaban J connectivity index is 1.62. The highest BCUT2D eigenvalue weighted by atomic mass is 16.1. The first-order valence-electron chi connectivity index (χ1n) is 8.40. The topological polar surface area (TPSA) is 41.1 Å². The van der Waals surface area contributed by atoms with Crippen LogP contribution in [-0.2, 0) is 4.79 Å². The molecule has 0 spiro atoms. The minimum atomic E-state index is 0.133. The standard InChI is InChI=1S/C19H28N2O/c1-15-12-16(2)14-18(13-15)20-11-9-19(22)21-10-8-17-6-4-3-5-7-17/h6,12-14,20H,3-5,7-11H2,1-2H3,(H,21,22). The molecule has 1 amide bonds. The van der Waals surface area contributed by atoms with Crippen LogP contribution in [0.3, 0.4) is 0 Å². The molecule has 3 heteroatoms. The number of carbonyl (C=O) groups excluding carboxylic acids is 1. The number of hydrogen-bond acceptors (Lipinski definition) is 2. The van der Waals surface area contributed by atoms with Gasteiger partial charge in [-0.2, -0.15) is 0 Å². The molecule has 3 nitrogen and oxygen atoms in total. The third kappa shape index (κ3) is 5.92. The molecule has 1 aliphatic rings. The summed E-state index contributed by atoms with van der Waals surface area (Å²) >= 11 is 0. The lowest BCUT2D eigenvalue weighted by Crippen LogP contribution is -2.26. The third-order valence-corrected chi connectivity index (χ3v) is 4.06. The Morgan fingerprint density at radius 2 is 1.86 bits per heavy atom. The lowest BCUT2D eigenvalue weighted by Gasteiger charge is -2.13. The van der Waals surface area contributed by atoms with Gasteiger partial charge >= 0.3 is 0 Å². The van der Waals surface area contributed by atoms with E-state index in [0.717, 1.165) is 18.7 Å². The number of carbonyl (C=O) groups is 1. The van der Waals surface area contributed by atoms with Gasteiger partial charge in [-0.15, -0.1) is 0 Å². The highest BCUT2D eigenvalue weighted by Gasteiger charge is 2.05. The summed E-state index contributed by atoms with van der Waals surface area (Å²) in [6, 6.07) is 6.37. The molecular weight excluding hydrogens is 272 g/mol. The van der Waals surface area contributed by atoms with Gasteiger partial charge in [0.15, 0.2) is 0 Å². The molecule has 0 atom stereocenters. The monoisotopic (exact) mass is 300 g/mol. The zero-order valence-electron chi connectivity index (χ0n) is 13.9. The normalized spacial score (nSPS) is 14.4. The fourth-order valence-corrected chi connectivity index (χ4v) is 2.98. The summed E-state index contributed by atoms with van der Waals surface area (Å²) in [6.07, 6.45) is 8.92. The molecule has 0 aliphatic heterocycles. The number of rotatable bonds is 7. The van der Waals surface area contributed by atoms with Gasteiger partial charge in [0.25, 0.3) is 0 Å². The Morgan fingerprint density at radius 3 is 2.55 bits per heavy atom. The van der Waals surface area contributed by atoms with Crippen molar-refractivity contribution >= 4 is 11.6 Å². The van der Waals surface area contributed by atoms with E-state index in [1.807, 2.05) is 0 Å². The van der Waals surface area contributed by atoms with E-state index in [1.54, 1.807) is 0 Å². The van der Waals surface area contributed by atoms with Crippen LogP contribution in [-0.4, -0.2) is 19.0 Å². The molecule has 1 aromatic rings. The van der Waals surface area contributed by atoms with Crippen LogP contribution in [0.5, 0.6) is 0 Å². The number of amides is 1. The Hall–Kier alpha value is -1.77. The molecule has 0 saturated carbocycles. The number of nitrogens with one attached hydrogen (secondary N) is 2. The summed E-state index contributed by atoms with van der Waals surface area (Å²) in [5.74, 6) is 0.133. The number of hydrogen-bond donors (Lipinski definition) is 2. The van der Waals surface area contributed by atoms with E-state index < -0.39 is 0 Å². The van der Waals surface area contributed by atoms with Crippen LogP contribution in [0.4, 0.5) is 5.69 Å². The highest BCUT2D eigenvalue weighted by molar-refractivity contribution is 5.76. The predicted molar refractivity (Wildman–Crippen MR) is 93.2 cm³/mol. The Morgan fingerprint density at radius 1 is 1.09 bits per heavy atom. The quantitative estimate of drug-likeness (QED) is 0.744. The first kappa shape index (κ1) is 16.6. The second-order valence-corrected chi connectivity index (χ2v) is 6.26. The number of aryl methyl sites for hydroxylation is 2. The molecule has 120 valence electrons. The molecule has 0 fully saturated rings. The molecule has 0 bridgehead atoms. The number of benzene rings is 1. The van der Waals surface area contributed by atoms with Crippen LogP contribution in [0.25, 0.3) is 0 Å². The van der Waals surface area contributed by atoms with Gasteiger partial charge in [0, 0.05) is 25.2 Å². The molecule has 0 unspecified atom stereocenters. The van der Waals surface area contributed by atoms with Gasteiger partial charge in [-0.05, 0) is 69.2 Å². The van der Waals surface area contributed by atoms with Gasteiger partial charge in [0.1, 0.15) is 0 Å². The van der Waals surface area contributed by atoms with Crippen molar-refractivity contribution in [1.82, 2.24) is 5.32 Å². The molecule has 1 aromatic carbocycles. The minimum Gasteiger partial charge on any atom is -0.385 e. The molecule has 1 aliphatic carbocycles. The third-order valence-electron chi connectivity index (χ3n) is 4.06. The van der Waals surface area contributed by atoms with E-state index in [-0.39, 0.29) is 5.91 Å². The van der Waals surface area contributed by atoms with Crippen molar-refractivity contribution in [1.29, 1.82) is 0 Å². The summed E-state index contributed by atoms with van der Waals surface area (Å²) in [7, 11) is 0. The van der Waals surface area contributed by atoms with Gasteiger partial charge in [-0.1, -0.05) is 17.7 Å². The Labute approximate surface area is 134 Å².